The number of hydrogen-bond donors (Lipinski definition) is 0. The van der Waals surface area contributed by atoms with Crippen LogP contribution in [0.3, 0.4) is 0 Å². The summed E-state index contributed by atoms with van der Waals surface area (Å²) in [6.45, 7) is 9.39. The van der Waals surface area contributed by atoms with Gasteiger partial charge in [-0.05, 0) is 89.0 Å². The van der Waals surface area contributed by atoms with Gasteiger partial charge in [0.1, 0.15) is 0 Å². The first kappa shape index (κ1) is 26.9. The van der Waals surface area contributed by atoms with E-state index < -0.39 is 0 Å². The van der Waals surface area contributed by atoms with Crippen LogP contribution < -0.4 is 4.90 Å². The number of benzene rings is 4. The van der Waals surface area contributed by atoms with Gasteiger partial charge in [-0.3, -0.25) is 4.98 Å². The third-order valence-electron chi connectivity index (χ3n) is 9.41. The van der Waals surface area contributed by atoms with E-state index >= 15 is 0 Å². The van der Waals surface area contributed by atoms with Crippen molar-refractivity contribution in [1.29, 1.82) is 0 Å². The largest absolute Gasteiger partial charge is 0.310 e. The number of pyridine rings is 2. The fourth-order valence-electron chi connectivity index (χ4n) is 6.98. The number of rotatable bonds is 3. The van der Waals surface area contributed by atoms with Gasteiger partial charge in [-0.15, -0.1) is 0 Å². The van der Waals surface area contributed by atoms with Gasteiger partial charge in [0, 0.05) is 49.8 Å². The van der Waals surface area contributed by atoms with Crippen molar-refractivity contribution in [3.05, 3.63) is 150 Å². The quantitative estimate of drug-likeness (QED) is 0.206. The molecule has 4 heteroatoms. The monoisotopic (exact) mass is 587 g/mol. The van der Waals surface area contributed by atoms with Gasteiger partial charge in [0.05, 0.1) is 22.8 Å². The fraction of sp³-hybridized carbons (Fsp3) is 0.150. The first-order valence-corrected chi connectivity index (χ1v) is 16.0. The Morgan fingerprint density at radius 1 is 0.545 bits per heavy atom. The van der Waals surface area contributed by atoms with Crippen LogP contribution in [0.2, 0.25) is 0 Å². The molecule has 2 aliphatic heterocycles. The van der Waals surface area contributed by atoms with Crippen LogP contribution in [-0.2, 0) is 10.8 Å². The van der Waals surface area contributed by atoms with E-state index in [-0.39, 0.29) is 10.8 Å². The first-order chi connectivity index (χ1) is 21.3. The summed E-state index contributed by atoms with van der Waals surface area (Å²) in [7, 11) is 0. The molecule has 0 saturated carbocycles. The molecule has 8 rings (SSSR count). The smallest absolute Gasteiger partial charge is 0.0725 e. The third-order valence-corrected chi connectivity index (χ3v) is 10.6. The van der Waals surface area contributed by atoms with Crippen LogP contribution >= 0.6 is 11.8 Å². The summed E-state index contributed by atoms with van der Waals surface area (Å²) in [5.41, 5.74) is 12.8. The molecule has 0 unspecified atom stereocenters. The lowest BCUT2D eigenvalue weighted by molar-refractivity contribution is 0.607. The van der Waals surface area contributed by atoms with Gasteiger partial charge >= 0.3 is 0 Å². The zero-order valence-electron chi connectivity index (χ0n) is 25.4. The Morgan fingerprint density at radius 2 is 1.16 bits per heavy atom. The van der Waals surface area contributed by atoms with E-state index in [1.807, 2.05) is 24.0 Å². The summed E-state index contributed by atoms with van der Waals surface area (Å²) < 4.78 is 0. The second-order valence-corrected chi connectivity index (χ2v) is 13.8. The summed E-state index contributed by atoms with van der Waals surface area (Å²) in [4.78, 5) is 14.4. The Bertz CT molecular complexity index is 2010. The Labute approximate surface area is 263 Å². The number of para-hydroxylation sites is 2. The summed E-state index contributed by atoms with van der Waals surface area (Å²) in [6.07, 6.45) is 3.66. The predicted molar refractivity (Wildman–Crippen MR) is 182 cm³/mol. The van der Waals surface area contributed by atoms with Crippen molar-refractivity contribution in [3.63, 3.8) is 0 Å². The molecule has 4 heterocycles. The fourth-order valence-corrected chi connectivity index (χ4v) is 8.34. The van der Waals surface area contributed by atoms with Crippen molar-refractivity contribution in [2.75, 3.05) is 4.90 Å². The maximum atomic E-state index is 5.03. The summed E-state index contributed by atoms with van der Waals surface area (Å²) in [6, 6.07) is 41.8. The maximum absolute atomic E-state index is 5.03. The van der Waals surface area contributed by atoms with Gasteiger partial charge in [-0.25, -0.2) is 4.98 Å². The van der Waals surface area contributed by atoms with Gasteiger partial charge in [0.25, 0.3) is 0 Å². The summed E-state index contributed by atoms with van der Waals surface area (Å²) in [5, 5.41) is 0. The van der Waals surface area contributed by atoms with Crippen LogP contribution in [0.4, 0.5) is 17.1 Å². The molecule has 0 aliphatic carbocycles. The van der Waals surface area contributed by atoms with Crippen LogP contribution in [0.1, 0.15) is 49.9 Å². The Hall–Kier alpha value is -4.67. The zero-order chi connectivity index (χ0) is 30.1. The molecule has 0 N–H and O–H groups in total. The van der Waals surface area contributed by atoms with Crippen LogP contribution in [0.25, 0.3) is 22.5 Å². The van der Waals surface area contributed by atoms with Crippen LogP contribution in [0, 0.1) is 0 Å². The van der Waals surface area contributed by atoms with Crippen LogP contribution in [0.15, 0.2) is 137 Å². The van der Waals surface area contributed by atoms with Gasteiger partial charge in [-0.1, -0.05) is 88.0 Å². The van der Waals surface area contributed by atoms with E-state index in [1.54, 1.807) is 6.20 Å². The number of aromatic nitrogens is 2. The summed E-state index contributed by atoms with van der Waals surface area (Å²) >= 11 is 1.87. The van der Waals surface area contributed by atoms with Crippen molar-refractivity contribution in [2.24, 2.45) is 0 Å². The number of nitrogens with zero attached hydrogens (tertiary/aromatic N) is 3. The molecule has 44 heavy (non-hydrogen) atoms. The molecule has 0 amide bonds. The number of anilines is 3. The van der Waals surface area contributed by atoms with Crippen molar-refractivity contribution in [1.82, 2.24) is 9.97 Å². The molecule has 0 fully saturated rings. The third kappa shape index (κ3) is 4.12. The molecule has 2 aliphatic rings. The Morgan fingerprint density at radius 3 is 1.84 bits per heavy atom. The normalized spacial score (nSPS) is 15.5. The molecule has 4 aromatic carbocycles. The molecule has 0 atom stereocenters. The molecule has 6 aromatic rings. The lowest BCUT2D eigenvalue weighted by Gasteiger charge is -2.42. The lowest BCUT2D eigenvalue weighted by atomic mass is 9.73. The maximum Gasteiger partial charge on any atom is 0.0725 e. The number of fused-ring (bicyclic) bond motifs is 4. The van der Waals surface area contributed by atoms with Crippen LogP contribution in [-0.4, -0.2) is 9.97 Å². The zero-order valence-corrected chi connectivity index (χ0v) is 26.2. The minimum absolute atomic E-state index is 0.0787. The van der Waals surface area contributed by atoms with E-state index in [4.69, 9.17) is 4.98 Å². The highest BCUT2D eigenvalue weighted by molar-refractivity contribution is 7.99. The summed E-state index contributed by atoms with van der Waals surface area (Å²) in [5.74, 6) is 0. The van der Waals surface area contributed by atoms with E-state index in [0.717, 1.165) is 22.5 Å². The van der Waals surface area contributed by atoms with Gasteiger partial charge in [0.15, 0.2) is 0 Å². The Balaban J connectivity index is 1.23. The van der Waals surface area contributed by atoms with Crippen LogP contribution in [0.5, 0.6) is 0 Å². The topological polar surface area (TPSA) is 29.0 Å². The molecule has 3 nitrogen and oxygen atoms in total. The predicted octanol–water partition coefficient (Wildman–Crippen LogP) is 10.7. The minimum Gasteiger partial charge on any atom is -0.310 e. The molecule has 0 radical (unpaired) electrons. The van der Waals surface area contributed by atoms with Crippen molar-refractivity contribution >= 4 is 28.8 Å². The standard InChI is InChI=1S/C40H33N3S/c1-39(2)29-12-5-7-16-35(29)43(36-17-8-6-13-30(36)39)28-19-21-38-32(24-28)40(3,4)31-23-26(18-20-37(31)44-38)33-14-9-15-34(42-33)27-11-10-22-41-25-27/h5-25H,1-4H3. The average molecular weight is 588 g/mol. The van der Waals surface area contributed by atoms with Crippen molar-refractivity contribution < 1.29 is 0 Å². The van der Waals surface area contributed by atoms with E-state index in [0.29, 0.717) is 0 Å². The number of hydrogen-bond acceptors (Lipinski definition) is 4. The van der Waals surface area contributed by atoms with Gasteiger partial charge < -0.3 is 4.90 Å². The molecule has 0 bridgehead atoms. The van der Waals surface area contributed by atoms with Gasteiger partial charge in [0.2, 0.25) is 0 Å². The average Bonchev–Trinajstić information content (AvgIpc) is 3.06. The first-order valence-electron chi connectivity index (χ1n) is 15.2. The SMILES string of the molecule is CC1(C)c2cc(-c3cccc(-c4cccnc4)n3)ccc2Sc2ccc(N3c4ccccc4C(C)(C)c4ccccc43)cc21. The van der Waals surface area contributed by atoms with Crippen molar-refractivity contribution in [2.45, 2.75) is 48.3 Å². The molecule has 0 spiro atoms. The highest BCUT2D eigenvalue weighted by Gasteiger charge is 2.38. The van der Waals surface area contributed by atoms with E-state index in [2.05, 4.69) is 147 Å². The second-order valence-electron chi connectivity index (χ2n) is 12.8. The molecule has 0 saturated heterocycles. The highest BCUT2D eigenvalue weighted by atomic mass is 32.2. The minimum atomic E-state index is -0.197. The Kier molecular flexibility index (Phi) is 6.08. The second kappa shape index (κ2) is 9.93. The molecule has 214 valence electrons. The lowest BCUT2D eigenvalue weighted by Crippen LogP contribution is -2.31. The van der Waals surface area contributed by atoms with E-state index in [1.165, 1.54) is 49.1 Å². The molecular formula is C40H33N3S. The molecular weight excluding hydrogens is 555 g/mol. The molecule has 2 aromatic heterocycles. The van der Waals surface area contributed by atoms with E-state index in [9.17, 15) is 0 Å². The van der Waals surface area contributed by atoms with Crippen molar-refractivity contribution in [3.8, 4) is 22.5 Å². The van der Waals surface area contributed by atoms with Gasteiger partial charge in [-0.2, -0.15) is 0 Å². The highest BCUT2D eigenvalue weighted by Crippen LogP contribution is 2.55.